The highest BCUT2D eigenvalue weighted by Crippen LogP contribution is 2.40. The van der Waals surface area contributed by atoms with Gasteiger partial charge in [-0.1, -0.05) is 24.3 Å². The molecule has 0 spiro atoms. The van der Waals surface area contributed by atoms with Crippen LogP contribution in [0.15, 0.2) is 36.4 Å². The standard InChI is InChI=1S/C22H26N2O4/c1-16-5-3-4-6-17(16)15-23-7-9-24(10-8-23)22(25)18-13-19(26-2)21-20(14-18)27-11-12-28-21/h3-6,13-14H,7-12,15H2,1-2H3. The van der Waals surface area contributed by atoms with Crippen LogP contribution in [0.4, 0.5) is 0 Å². The van der Waals surface area contributed by atoms with Crippen LogP contribution in [0.5, 0.6) is 17.2 Å². The van der Waals surface area contributed by atoms with E-state index in [-0.39, 0.29) is 5.91 Å². The van der Waals surface area contributed by atoms with Gasteiger partial charge in [-0.2, -0.15) is 0 Å². The summed E-state index contributed by atoms with van der Waals surface area (Å²) in [5, 5.41) is 0. The molecule has 2 aromatic rings. The molecule has 0 atom stereocenters. The number of methoxy groups -OCH3 is 1. The van der Waals surface area contributed by atoms with E-state index in [1.54, 1.807) is 19.2 Å². The maximum atomic E-state index is 13.0. The van der Waals surface area contributed by atoms with E-state index in [0.29, 0.717) is 49.1 Å². The smallest absolute Gasteiger partial charge is 0.254 e. The Bertz CT molecular complexity index is 842. The Labute approximate surface area is 165 Å². The zero-order valence-electron chi connectivity index (χ0n) is 16.4. The lowest BCUT2D eigenvalue weighted by Crippen LogP contribution is -2.48. The molecule has 0 radical (unpaired) electrons. The number of carbonyl (C=O) groups is 1. The van der Waals surface area contributed by atoms with Gasteiger partial charge >= 0.3 is 0 Å². The van der Waals surface area contributed by atoms with E-state index in [0.717, 1.165) is 19.6 Å². The molecule has 28 heavy (non-hydrogen) atoms. The van der Waals surface area contributed by atoms with Crippen molar-refractivity contribution in [2.75, 3.05) is 46.5 Å². The first-order valence-corrected chi connectivity index (χ1v) is 9.69. The van der Waals surface area contributed by atoms with Crippen molar-refractivity contribution in [3.8, 4) is 17.2 Å². The van der Waals surface area contributed by atoms with Crippen molar-refractivity contribution in [3.63, 3.8) is 0 Å². The highest BCUT2D eigenvalue weighted by atomic mass is 16.6. The third-order valence-electron chi connectivity index (χ3n) is 5.39. The fourth-order valence-electron chi connectivity index (χ4n) is 3.72. The lowest BCUT2D eigenvalue weighted by Gasteiger charge is -2.35. The Morgan fingerprint density at radius 1 is 1.07 bits per heavy atom. The van der Waals surface area contributed by atoms with Gasteiger partial charge < -0.3 is 19.1 Å². The molecule has 2 aromatic carbocycles. The summed E-state index contributed by atoms with van der Waals surface area (Å²) in [6, 6.07) is 12.0. The van der Waals surface area contributed by atoms with Gasteiger partial charge in [0.1, 0.15) is 13.2 Å². The molecule has 4 rings (SSSR count). The second kappa shape index (κ2) is 8.10. The zero-order valence-corrected chi connectivity index (χ0v) is 16.4. The van der Waals surface area contributed by atoms with Gasteiger partial charge in [-0.05, 0) is 30.2 Å². The molecular formula is C22H26N2O4. The van der Waals surface area contributed by atoms with Crippen LogP contribution in [0.25, 0.3) is 0 Å². The van der Waals surface area contributed by atoms with Crippen molar-refractivity contribution >= 4 is 5.91 Å². The average molecular weight is 382 g/mol. The van der Waals surface area contributed by atoms with Crippen LogP contribution in [0.2, 0.25) is 0 Å². The van der Waals surface area contributed by atoms with Gasteiger partial charge in [0.15, 0.2) is 11.5 Å². The highest BCUT2D eigenvalue weighted by molar-refractivity contribution is 5.95. The lowest BCUT2D eigenvalue weighted by atomic mass is 10.1. The predicted molar refractivity (Wildman–Crippen MR) is 106 cm³/mol. The van der Waals surface area contributed by atoms with Crippen LogP contribution >= 0.6 is 0 Å². The number of hydrogen-bond acceptors (Lipinski definition) is 5. The summed E-state index contributed by atoms with van der Waals surface area (Å²) < 4.78 is 16.7. The number of hydrogen-bond donors (Lipinski definition) is 0. The largest absolute Gasteiger partial charge is 0.493 e. The molecule has 0 N–H and O–H groups in total. The summed E-state index contributed by atoms with van der Waals surface area (Å²) in [5.41, 5.74) is 3.23. The van der Waals surface area contributed by atoms with Gasteiger partial charge in [-0.15, -0.1) is 0 Å². The van der Waals surface area contributed by atoms with E-state index in [1.807, 2.05) is 4.90 Å². The van der Waals surface area contributed by atoms with Crippen molar-refractivity contribution in [2.24, 2.45) is 0 Å². The van der Waals surface area contributed by atoms with Crippen LogP contribution in [-0.2, 0) is 6.54 Å². The Hall–Kier alpha value is -2.73. The van der Waals surface area contributed by atoms with E-state index in [2.05, 4.69) is 36.1 Å². The van der Waals surface area contributed by atoms with Crippen LogP contribution in [0.3, 0.4) is 0 Å². The molecule has 1 saturated heterocycles. The Balaban J connectivity index is 1.42. The van der Waals surface area contributed by atoms with E-state index in [1.165, 1.54) is 11.1 Å². The molecule has 0 aliphatic carbocycles. The summed E-state index contributed by atoms with van der Waals surface area (Å²) in [4.78, 5) is 17.3. The molecule has 1 amide bonds. The fraction of sp³-hybridized carbons (Fsp3) is 0.409. The van der Waals surface area contributed by atoms with Gasteiger partial charge in [0.25, 0.3) is 5.91 Å². The van der Waals surface area contributed by atoms with Crippen molar-refractivity contribution in [3.05, 3.63) is 53.1 Å². The monoisotopic (exact) mass is 382 g/mol. The van der Waals surface area contributed by atoms with Crippen LogP contribution < -0.4 is 14.2 Å². The van der Waals surface area contributed by atoms with Crippen molar-refractivity contribution in [1.29, 1.82) is 0 Å². The summed E-state index contributed by atoms with van der Waals surface area (Å²) in [6.07, 6.45) is 0. The van der Waals surface area contributed by atoms with Gasteiger partial charge in [0.05, 0.1) is 7.11 Å². The summed E-state index contributed by atoms with van der Waals surface area (Å²) in [5.74, 6) is 1.70. The Morgan fingerprint density at radius 3 is 2.57 bits per heavy atom. The summed E-state index contributed by atoms with van der Waals surface area (Å²) in [6.45, 7) is 7.17. The molecule has 1 fully saturated rings. The number of ether oxygens (including phenoxy) is 3. The molecule has 0 unspecified atom stereocenters. The SMILES string of the molecule is COc1cc(C(=O)N2CCN(Cc3ccccc3C)CC2)cc2c1OCCO2. The number of fused-ring (bicyclic) bond motifs is 1. The van der Waals surface area contributed by atoms with Crippen molar-refractivity contribution in [2.45, 2.75) is 13.5 Å². The van der Waals surface area contributed by atoms with Crippen LogP contribution in [-0.4, -0.2) is 62.2 Å². The Kier molecular flexibility index (Phi) is 5.39. The molecule has 148 valence electrons. The maximum absolute atomic E-state index is 13.0. The number of amides is 1. The van der Waals surface area contributed by atoms with E-state index < -0.39 is 0 Å². The molecule has 6 nitrogen and oxygen atoms in total. The molecule has 2 aliphatic rings. The third-order valence-corrected chi connectivity index (χ3v) is 5.39. The molecular weight excluding hydrogens is 356 g/mol. The van der Waals surface area contributed by atoms with Crippen molar-refractivity contribution < 1.29 is 19.0 Å². The third kappa shape index (κ3) is 3.78. The first-order chi connectivity index (χ1) is 13.7. The quantitative estimate of drug-likeness (QED) is 0.814. The number of nitrogens with zero attached hydrogens (tertiary/aromatic N) is 2. The molecule has 6 heteroatoms. The van der Waals surface area contributed by atoms with Crippen LogP contribution in [0.1, 0.15) is 21.5 Å². The number of aryl methyl sites for hydroxylation is 1. The normalized spacial score (nSPS) is 16.7. The number of benzene rings is 2. The second-order valence-corrected chi connectivity index (χ2v) is 7.20. The minimum absolute atomic E-state index is 0.00538. The maximum Gasteiger partial charge on any atom is 0.254 e. The summed E-state index contributed by atoms with van der Waals surface area (Å²) >= 11 is 0. The molecule has 2 heterocycles. The van der Waals surface area contributed by atoms with Gasteiger partial charge in [0, 0.05) is 38.3 Å². The minimum Gasteiger partial charge on any atom is -0.493 e. The second-order valence-electron chi connectivity index (χ2n) is 7.20. The topological polar surface area (TPSA) is 51.2 Å². The first kappa shape index (κ1) is 18.6. The predicted octanol–water partition coefficient (Wildman–Crippen LogP) is 2.73. The molecule has 0 aromatic heterocycles. The average Bonchev–Trinajstić information content (AvgIpc) is 2.74. The van der Waals surface area contributed by atoms with Gasteiger partial charge in [0.2, 0.25) is 5.75 Å². The van der Waals surface area contributed by atoms with Gasteiger partial charge in [-0.25, -0.2) is 0 Å². The summed E-state index contributed by atoms with van der Waals surface area (Å²) in [7, 11) is 1.58. The minimum atomic E-state index is 0.00538. The van der Waals surface area contributed by atoms with Crippen LogP contribution in [0, 0.1) is 6.92 Å². The molecule has 0 saturated carbocycles. The van der Waals surface area contributed by atoms with E-state index >= 15 is 0 Å². The number of carbonyl (C=O) groups excluding carboxylic acids is 1. The highest BCUT2D eigenvalue weighted by Gasteiger charge is 2.26. The first-order valence-electron chi connectivity index (χ1n) is 9.69. The Morgan fingerprint density at radius 2 is 1.82 bits per heavy atom. The lowest BCUT2D eigenvalue weighted by molar-refractivity contribution is 0.0626. The van der Waals surface area contributed by atoms with E-state index in [9.17, 15) is 4.79 Å². The van der Waals surface area contributed by atoms with Gasteiger partial charge in [-0.3, -0.25) is 9.69 Å². The van der Waals surface area contributed by atoms with E-state index in [4.69, 9.17) is 14.2 Å². The number of rotatable bonds is 4. The number of piperazine rings is 1. The molecule has 2 aliphatic heterocycles. The fourth-order valence-corrected chi connectivity index (χ4v) is 3.72. The zero-order chi connectivity index (χ0) is 19.5. The van der Waals surface area contributed by atoms with Crippen molar-refractivity contribution in [1.82, 2.24) is 9.80 Å². The molecule has 0 bridgehead atoms.